The molecule has 0 unspecified atom stereocenters. The zero-order valence-electron chi connectivity index (χ0n) is 13.2. The molecule has 0 aliphatic carbocycles. The summed E-state index contributed by atoms with van der Waals surface area (Å²) in [4.78, 5) is 23.8. The van der Waals surface area contributed by atoms with Crippen LogP contribution < -0.4 is 20.3 Å². The van der Waals surface area contributed by atoms with Gasteiger partial charge in [-0.3, -0.25) is 20.4 Å². The lowest BCUT2D eigenvalue weighted by Gasteiger charge is -2.08. The second kappa shape index (κ2) is 7.22. The van der Waals surface area contributed by atoms with E-state index in [1.54, 1.807) is 6.07 Å². The van der Waals surface area contributed by atoms with Crippen molar-refractivity contribution in [3.63, 3.8) is 0 Å². The number of hydrogen-bond donors (Lipinski definition) is 2. The van der Waals surface area contributed by atoms with Crippen LogP contribution in [0.5, 0.6) is 11.5 Å². The molecular formula is C16H13ClN2O6S. The lowest BCUT2D eigenvalue weighted by Crippen LogP contribution is -2.44. The number of halogens is 1. The fourth-order valence-corrected chi connectivity index (χ4v) is 3.43. The maximum atomic E-state index is 12.1. The molecular weight excluding hydrogens is 384 g/mol. The first-order valence-electron chi connectivity index (χ1n) is 7.32. The van der Waals surface area contributed by atoms with Gasteiger partial charge in [0.1, 0.15) is 5.75 Å². The molecule has 1 aliphatic heterocycles. The van der Waals surface area contributed by atoms with Crippen molar-refractivity contribution >= 4 is 33.3 Å². The molecule has 0 aromatic heterocycles. The Balaban J connectivity index is 1.58. The maximum Gasteiger partial charge on any atom is 0.269 e. The van der Waals surface area contributed by atoms with Crippen LogP contribution in [-0.2, 0) is 14.6 Å². The lowest BCUT2D eigenvalue weighted by atomic mass is 10.2. The summed E-state index contributed by atoms with van der Waals surface area (Å²) in [5, 5.41) is 0.379. The minimum absolute atomic E-state index is 0.0425. The quantitative estimate of drug-likeness (QED) is 0.754. The minimum Gasteiger partial charge on any atom is -0.454 e. The van der Waals surface area contributed by atoms with Crippen molar-refractivity contribution in [3.8, 4) is 11.5 Å². The third kappa shape index (κ3) is 4.06. The highest BCUT2D eigenvalue weighted by Gasteiger charge is 2.20. The van der Waals surface area contributed by atoms with Crippen LogP contribution in [0.2, 0.25) is 5.02 Å². The predicted molar refractivity (Wildman–Crippen MR) is 91.7 cm³/mol. The molecule has 2 aromatic rings. The summed E-state index contributed by atoms with van der Waals surface area (Å²) >= 11 is 5.71. The average Bonchev–Trinajstić information content (AvgIpc) is 3.07. The van der Waals surface area contributed by atoms with E-state index < -0.39 is 27.4 Å². The zero-order valence-corrected chi connectivity index (χ0v) is 14.8. The third-order valence-electron chi connectivity index (χ3n) is 3.44. The molecule has 3 rings (SSSR count). The molecule has 26 heavy (non-hydrogen) atoms. The van der Waals surface area contributed by atoms with Crippen molar-refractivity contribution in [2.75, 3.05) is 12.5 Å². The summed E-state index contributed by atoms with van der Waals surface area (Å²) in [6.45, 7) is 0.0691. The summed E-state index contributed by atoms with van der Waals surface area (Å²) in [7, 11) is -3.86. The number of fused-ring (bicyclic) bond motifs is 1. The molecule has 0 fully saturated rings. The SMILES string of the molecule is O=C(CS(=O)(=O)c1ccc(Cl)cc1)NNC(=O)c1ccc2c(c1)OCO2. The number of benzene rings is 2. The number of hydrogen-bond acceptors (Lipinski definition) is 6. The van der Waals surface area contributed by atoms with Gasteiger partial charge in [-0.05, 0) is 42.5 Å². The largest absolute Gasteiger partial charge is 0.454 e. The van der Waals surface area contributed by atoms with Gasteiger partial charge in [-0.15, -0.1) is 0 Å². The van der Waals surface area contributed by atoms with E-state index in [9.17, 15) is 18.0 Å². The fraction of sp³-hybridized carbons (Fsp3) is 0.125. The molecule has 2 aromatic carbocycles. The number of sulfone groups is 1. The van der Waals surface area contributed by atoms with E-state index in [1.165, 1.54) is 36.4 Å². The molecule has 1 heterocycles. The van der Waals surface area contributed by atoms with E-state index in [4.69, 9.17) is 21.1 Å². The predicted octanol–water partition coefficient (Wildman–Crippen LogP) is 1.30. The van der Waals surface area contributed by atoms with E-state index in [2.05, 4.69) is 10.9 Å². The summed E-state index contributed by atoms with van der Waals surface area (Å²) in [6, 6.07) is 9.92. The van der Waals surface area contributed by atoms with Gasteiger partial charge in [-0.2, -0.15) is 0 Å². The monoisotopic (exact) mass is 396 g/mol. The normalized spacial score (nSPS) is 12.5. The van der Waals surface area contributed by atoms with Crippen LogP contribution in [0, 0.1) is 0 Å². The highest BCUT2D eigenvalue weighted by atomic mass is 35.5. The van der Waals surface area contributed by atoms with E-state index in [-0.39, 0.29) is 17.3 Å². The molecule has 1 aliphatic rings. The van der Waals surface area contributed by atoms with Crippen LogP contribution in [-0.4, -0.2) is 32.8 Å². The van der Waals surface area contributed by atoms with Crippen molar-refractivity contribution < 1.29 is 27.5 Å². The van der Waals surface area contributed by atoms with Crippen LogP contribution in [0.25, 0.3) is 0 Å². The molecule has 2 N–H and O–H groups in total. The number of carbonyl (C=O) groups excluding carboxylic acids is 2. The fourth-order valence-electron chi connectivity index (χ4n) is 2.17. The number of hydrazine groups is 1. The van der Waals surface area contributed by atoms with E-state index in [1.807, 2.05) is 0 Å². The molecule has 0 saturated heterocycles. The van der Waals surface area contributed by atoms with Gasteiger partial charge in [-0.1, -0.05) is 11.6 Å². The molecule has 0 saturated carbocycles. The van der Waals surface area contributed by atoms with Gasteiger partial charge in [0.25, 0.3) is 11.8 Å². The van der Waals surface area contributed by atoms with E-state index >= 15 is 0 Å². The molecule has 0 spiro atoms. The van der Waals surface area contributed by atoms with Crippen LogP contribution in [0.1, 0.15) is 10.4 Å². The summed E-state index contributed by atoms with van der Waals surface area (Å²) in [5.74, 6) is -1.40. The molecule has 10 heteroatoms. The highest BCUT2D eigenvalue weighted by Crippen LogP contribution is 2.32. The Bertz CT molecular complexity index is 959. The van der Waals surface area contributed by atoms with Gasteiger partial charge >= 0.3 is 0 Å². The first kappa shape index (κ1) is 18.0. The van der Waals surface area contributed by atoms with E-state index in [0.717, 1.165) is 0 Å². The van der Waals surface area contributed by atoms with Crippen molar-refractivity contribution in [2.24, 2.45) is 0 Å². The lowest BCUT2D eigenvalue weighted by molar-refractivity contribution is -0.119. The van der Waals surface area contributed by atoms with Crippen LogP contribution in [0.15, 0.2) is 47.4 Å². The zero-order chi connectivity index (χ0) is 18.7. The third-order valence-corrected chi connectivity index (χ3v) is 5.33. The number of amides is 2. The molecule has 0 atom stereocenters. The average molecular weight is 397 g/mol. The van der Waals surface area contributed by atoms with Crippen molar-refractivity contribution in [1.82, 2.24) is 10.9 Å². The second-order valence-electron chi connectivity index (χ2n) is 5.28. The van der Waals surface area contributed by atoms with Gasteiger partial charge in [0, 0.05) is 10.6 Å². The van der Waals surface area contributed by atoms with Gasteiger partial charge < -0.3 is 9.47 Å². The van der Waals surface area contributed by atoms with Crippen molar-refractivity contribution in [3.05, 3.63) is 53.1 Å². The molecule has 136 valence electrons. The first-order valence-corrected chi connectivity index (χ1v) is 9.35. The Morgan fingerprint density at radius 1 is 1.00 bits per heavy atom. The van der Waals surface area contributed by atoms with Crippen molar-refractivity contribution in [2.45, 2.75) is 4.90 Å². The van der Waals surface area contributed by atoms with Crippen LogP contribution >= 0.6 is 11.6 Å². The summed E-state index contributed by atoms with van der Waals surface area (Å²) < 4.78 is 34.6. The van der Waals surface area contributed by atoms with Gasteiger partial charge in [-0.25, -0.2) is 8.42 Å². The molecule has 0 bridgehead atoms. The Morgan fingerprint density at radius 3 is 2.42 bits per heavy atom. The van der Waals surface area contributed by atoms with Gasteiger partial charge in [0.15, 0.2) is 21.3 Å². The topological polar surface area (TPSA) is 111 Å². The first-order chi connectivity index (χ1) is 12.3. The number of rotatable bonds is 4. The standard InChI is InChI=1S/C16H13ClN2O6S/c17-11-2-4-12(5-3-11)26(22,23)8-15(20)18-19-16(21)10-1-6-13-14(7-10)25-9-24-13/h1-7H,8-9H2,(H,18,20)(H,19,21). The Kier molecular flexibility index (Phi) is 5.01. The number of nitrogens with one attached hydrogen (secondary N) is 2. The molecule has 0 radical (unpaired) electrons. The smallest absolute Gasteiger partial charge is 0.269 e. The van der Waals surface area contributed by atoms with E-state index in [0.29, 0.717) is 16.5 Å². The summed E-state index contributed by atoms with van der Waals surface area (Å²) in [6.07, 6.45) is 0. The Labute approximate surface area is 153 Å². The van der Waals surface area contributed by atoms with Gasteiger partial charge in [0.05, 0.1) is 4.90 Å². The van der Waals surface area contributed by atoms with Gasteiger partial charge in [0.2, 0.25) is 6.79 Å². The van der Waals surface area contributed by atoms with Crippen molar-refractivity contribution in [1.29, 1.82) is 0 Å². The Hall–Kier alpha value is -2.78. The summed E-state index contributed by atoms with van der Waals surface area (Å²) in [5.41, 5.74) is 4.44. The van der Waals surface area contributed by atoms with Crippen LogP contribution in [0.3, 0.4) is 0 Å². The highest BCUT2D eigenvalue weighted by molar-refractivity contribution is 7.92. The number of carbonyl (C=O) groups is 2. The minimum atomic E-state index is -3.86. The Morgan fingerprint density at radius 2 is 1.69 bits per heavy atom. The number of ether oxygens (including phenoxy) is 2. The van der Waals surface area contributed by atoms with Crippen LogP contribution in [0.4, 0.5) is 0 Å². The molecule has 8 nitrogen and oxygen atoms in total. The second-order valence-corrected chi connectivity index (χ2v) is 7.71. The molecule has 2 amide bonds. The maximum absolute atomic E-state index is 12.1.